The van der Waals surface area contributed by atoms with Crippen LogP contribution in [0.15, 0.2) is 48.5 Å². The van der Waals surface area contributed by atoms with E-state index in [1.165, 1.54) is 10.4 Å². The molecule has 1 aromatic heterocycles. The van der Waals surface area contributed by atoms with Crippen LogP contribution < -0.4 is 4.74 Å². The van der Waals surface area contributed by atoms with Crippen LogP contribution in [0.3, 0.4) is 0 Å². The first-order valence-corrected chi connectivity index (χ1v) is 7.78. The summed E-state index contributed by atoms with van der Waals surface area (Å²) < 4.78 is 5.17. The van der Waals surface area contributed by atoms with Crippen molar-refractivity contribution in [3.05, 3.63) is 71.0 Å². The standard InChI is InChI=1S/C18H20N4O2/c1-13-6-8-14(9-7-13)10-18-19-21-22(20-18)12-17(23)15-4-3-5-16(11-15)24-2/h3-9,11,17,23H,10,12H2,1-2H3. The number of methoxy groups -OCH3 is 1. The molecule has 0 fully saturated rings. The number of ether oxygens (including phenoxy) is 1. The van der Waals surface area contributed by atoms with Crippen molar-refractivity contribution < 1.29 is 9.84 Å². The van der Waals surface area contributed by atoms with Gasteiger partial charge in [0.15, 0.2) is 5.82 Å². The normalized spacial score (nSPS) is 12.1. The smallest absolute Gasteiger partial charge is 0.179 e. The quantitative estimate of drug-likeness (QED) is 0.753. The van der Waals surface area contributed by atoms with E-state index in [1.807, 2.05) is 18.2 Å². The molecule has 2 aromatic carbocycles. The third kappa shape index (κ3) is 3.97. The predicted octanol–water partition coefficient (Wildman–Crippen LogP) is 2.31. The summed E-state index contributed by atoms with van der Waals surface area (Å²) in [4.78, 5) is 1.42. The summed E-state index contributed by atoms with van der Waals surface area (Å²) in [5.41, 5.74) is 3.11. The molecule has 0 aliphatic heterocycles. The number of aryl methyl sites for hydroxylation is 1. The molecule has 1 N–H and O–H groups in total. The van der Waals surface area contributed by atoms with Crippen LogP contribution in [0, 0.1) is 6.92 Å². The third-order valence-electron chi connectivity index (χ3n) is 3.79. The summed E-state index contributed by atoms with van der Waals surface area (Å²) in [7, 11) is 1.60. The average molecular weight is 324 g/mol. The van der Waals surface area contributed by atoms with Gasteiger partial charge in [0, 0.05) is 6.42 Å². The molecule has 124 valence electrons. The molecule has 6 heteroatoms. The largest absolute Gasteiger partial charge is 0.497 e. The molecule has 6 nitrogen and oxygen atoms in total. The molecule has 1 unspecified atom stereocenters. The fourth-order valence-electron chi connectivity index (χ4n) is 2.42. The van der Waals surface area contributed by atoms with E-state index in [9.17, 15) is 5.11 Å². The summed E-state index contributed by atoms with van der Waals surface area (Å²) >= 11 is 0. The highest BCUT2D eigenvalue weighted by molar-refractivity contribution is 5.29. The highest BCUT2D eigenvalue weighted by Gasteiger charge is 2.12. The fourth-order valence-corrected chi connectivity index (χ4v) is 2.42. The van der Waals surface area contributed by atoms with Crippen LogP contribution in [0.25, 0.3) is 0 Å². The monoisotopic (exact) mass is 324 g/mol. The Morgan fingerprint density at radius 2 is 1.96 bits per heavy atom. The van der Waals surface area contributed by atoms with E-state index in [-0.39, 0.29) is 6.54 Å². The molecule has 0 bridgehead atoms. The van der Waals surface area contributed by atoms with Gasteiger partial charge < -0.3 is 9.84 Å². The van der Waals surface area contributed by atoms with E-state index < -0.39 is 6.10 Å². The van der Waals surface area contributed by atoms with Crippen molar-refractivity contribution in [1.29, 1.82) is 0 Å². The lowest BCUT2D eigenvalue weighted by Gasteiger charge is -2.10. The number of hydrogen-bond donors (Lipinski definition) is 1. The van der Waals surface area contributed by atoms with E-state index in [4.69, 9.17) is 4.74 Å². The molecular weight excluding hydrogens is 304 g/mol. The Morgan fingerprint density at radius 3 is 2.71 bits per heavy atom. The molecule has 0 saturated heterocycles. The predicted molar refractivity (Wildman–Crippen MR) is 89.8 cm³/mol. The van der Waals surface area contributed by atoms with Gasteiger partial charge in [0.05, 0.1) is 13.7 Å². The maximum atomic E-state index is 10.3. The number of aliphatic hydroxyl groups excluding tert-OH is 1. The molecular formula is C18H20N4O2. The van der Waals surface area contributed by atoms with Crippen LogP contribution in [0.4, 0.5) is 0 Å². The van der Waals surface area contributed by atoms with Crippen molar-refractivity contribution in [3.8, 4) is 5.75 Å². The summed E-state index contributed by atoms with van der Waals surface area (Å²) in [6.45, 7) is 2.30. The highest BCUT2D eigenvalue weighted by Crippen LogP contribution is 2.20. The molecule has 1 atom stereocenters. The second-order valence-electron chi connectivity index (χ2n) is 5.72. The zero-order valence-corrected chi connectivity index (χ0v) is 13.8. The van der Waals surface area contributed by atoms with Crippen LogP contribution in [0.2, 0.25) is 0 Å². The number of tetrazole rings is 1. The van der Waals surface area contributed by atoms with E-state index in [2.05, 4.69) is 46.6 Å². The van der Waals surface area contributed by atoms with Crippen LogP contribution >= 0.6 is 0 Å². The van der Waals surface area contributed by atoms with E-state index in [0.717, 1.165) is 11.1 Å². The fraction of sp³-hybridized carbons (Fsp3) is 0.278. The molecule has 3 rings (SSSR count). The van der Waals surface area contributed by atoms with Crippen molar-refractivity contribution in [2.75, 3.05) is 7.11 Å². The summed E-state index contributed by atoms with van der Waals surface area (Å²) in [5.74, 6) is 1.34. The molecule has 0 amide bonds. The maximum absolute atomic E-state index is 10.3. The Labute approximate surface area is 140 Å². The van der Waals surface area contributed by atoms with E-state index in [1.54, 1.807) is 13.2 Å². The minimum absolute atomic E-state index is 0.244. The lowest BCUT2D eigenvalue weighted by molar-refractivity contribution is 0.144. The van der Waals surface area contributed by atoms with Gasteiger partial charge in [-0.1, -0.05) is 42.0 Å². The van der Waals surface area contributed by atoms with Gasteiger partial charge in [0.2, 0.25) is 0 Å². The second kappa shape index (κ2) is 7.23. The van der Waals surface area contributed by atoms with Gasteiger partial charge in [-0.3, -0.25) is 0 Å². The molecule has 0 aliphatic rings. The van der Waals surface area contributed by atoms with Crippen molar-refractivity contribution in [3.63, 3.8) is 0 Å². The SMILES string of the molecule is COc1cccc(C(O)Cn2nnc(Cc3ccc(C)cc3)n2)c1. The van der Waals surface area contributed by atoms with Gasteiger partial charge in [-0.25, -0.2) is 0 Å². The summed E-state index contributed by atoms with van der Waals surface area (Å²) in [6.07, 6.45) is -0.100. The Balaban J connectivity index is 1.65. The van der Waals surface area contributed by atoms with E-state index >= 15 is 0 Å². The van der Waals surface area contributed by atoms with Gasteiger partial charge in [-0.2, -0.15) is 4.80 Å². The number of aliphatic hydroxyl groups is 1. The second-order valence-corrected chi connectivity index (χ2v) is 5.72. The first kappa shape index (κ1) is 16.1. The Hall–Kier alpha value is -2.73. The van der Waals surface area contributed by atoms with Crippen LogP contribution in [-0.4, -0.2) is 32.4 Å². The van der Waals surface area contributed by atoms with Crippen molar-refractivity contribution >= 4 is 0 Å². The summed E-state index contributed by atoms with van der Waals surface area (Å²) in [5, 5.41) is 22.8. The Morgan fingerprint density at radius 1 is 1.17 bits per heavy atom. The number of hydrogen-bond acceptors (Lipinski definition) is 5. The zero-order chi connectivity index (χ0) is 16.9. The Kier molecular flexibility index (Phi) is 4.86. The minimum Gasteiger partial charge on any atom is -0.497 e. The minimum atomic E-state index is -0.721. The van der Waals surface area contributed by atoms with Gasteiger partial charge in [0.25, 0.3) is 0 Å². The number of benzene rings is 2. The van der Waals surface area contributed by atoms with Crippen LogP contribution in [0.5, 0.6) is 5.75 Å². The lowest BCUT2D eigenvalue weighted by atomic mass is 10.1. The average Bonchev–Trinajstić information content (AvgIpc) is 3.04. The number of nitrogens with zero attached hydrogens (tertiary/aromatic N) is 4. The van der Waals surface area contributed by atoms with Gasteiger partial charge in [-0.15, -0.1) is 10.2 Å². The molecule has 0 spiro atoms. The number of rotatable bonds is 6. The first-order chi connectivity index (χ1) is 11.6. The molecule has 0 aliphatic carbocycles. The third-order valence-corrected chi connectivity index (χ3v) is 3.79. The summed E-state index contributed by atoms with van der Waals surface area (Å²) in [6, 6.07) is 15.6. The van der Waals surface area contributed by atoms with Crippen LogP contribution in [0.1, 0.15) is 28.6 Å². The van der Waals surface area contributed by atoms with Crippen molar-refractivity contribution in [1.82, 2.24) is 20.2 Å². The molecule has 3 aromatic rings. The highest BCUT2D eigenvalue weighted by atomic mass is 16.5. The lowest BCUT2D eigenvalue weighted by Crippen LogP contribution is -2.12. The topological polar surface area (TPSA) is 73.1 Å². The van der Waals surface area contributed by atoms with Gasteiger partial charge in [-0.05, 0) is 35.4 Å². The maximum Gasteiger partial charge on any atom is 0.179 e. The number of aromatic nitrogens is 4. The van der Waals surface area contributed by atoms with E-state index in [0.29, 0.717) is 18.0 Å². The molecule has 0 saturated carbocycles. The Bertz CT molecular complexity index is 799. The van der Waals surface area contributed by atoms with Crippen molar-refractivity contribution in [2.45, 2.75) is 26.0 Å². The molecule has 1 heterocycles. The first-order valence-electron chi connectivity index (χ1n) is 7.78. The van der Waals surface area contributed by atoms with Gasteiger partial charge in [0.1, 0.15) is 11.9 Å². The zero-order valence-electron chi connectivity index (χ0n) is 13.8. The van der Waals surface area contributed by atoms with Crippen LogP contribution in [-0.2, 0) is 13.0 Å². The molecule has 24 heavy (non-hydrogen) atoms. The van der Waals surface area contributed by atoms with Gasteiger partial charge >= 0.3 is 0 Å². The molecule has 0 radical (unpaired) electrons. The van der Waals surface area contributed by atoms with Crippen molar-refractivity contribution in [2.24, 2.45) is 0 Å².